The molecule has 1 fully saturated rings. The van der Waals surface area contributed by atoms with Gasteiger partial charge in [0.2, 0.25) is 0 Å². The van der Waals surface area contributed by atoms with Crippen LogP contribution in [0.3, 0.4) is 0 Å². The zero-order chi connectivity index (χ0) is 18.1. The van der Waals surface area contributed by atoms with Crippen LogP contribution >= 0.6 is 35.6 Å². The van der Waals surface area contributed by atoms with E-state index in [2.05, 4.69) is 27.4 Å². The molecule has 5 nitrogen and oxygen atoms in total. The van der Waals surface area contributed by atoms with E-state index in [4.69, 9.17) is 16.3 Å². The summed E-state index contributed by atoms with van der Waals surface area (Å²) in [7, 11) is 3.47. The summed E-state index contributed by atoms with van der Waals surface area (Å²) in [4.78, 5) is 6.89. The lowest BCUT2D eigenvalue weighted by atomic mass is 10.1. The second-order valence-corrected chi connectivity index (χ2v) is 6.87. The van der Waals surface area contributed by atoms with Crippen LogP contribution in [-0.4, -0.2) is 57.2 Å². The fourth-order valence-electron chi connectivity index (χ4n) is 3.18. The van der Waals surface area contributed by atoms with Gasteiger partial charge in [-0.25, -0.2) is 0 Å². The lowest BCUT2D eigenvalue weighted by molar-refractivity contribution is 0.206. The van der Waals surface area contributed by atoms with E-state index in [1.807, 2.05) is 25.2 Å². The SMILES string of the molecule is CCCN1CCC(NC(=NC)NCCc2ccc(OC)cc2Cl)CC1.I. The number of methoxy groups -OCH3 is 1. The van der Waals surface area contributed by atoms with Crippen molar-refractivity contribution in [3.63, 3.8) is 0 Å². The van der Waals surface area contributed by atoms with Crippen LogP contribution in [0, 0.1) is 0 Å². The van der Waals surface area contributed by atoms with Crippen LogP contribution in [0.5, 0.6) is 5.75 Å². The molecule has 0 unspecified atom stereocenters. The van der Waals surface area contributed by atoms with Crippen LogP contribution in [0.4, 0.5) is 0 Å². The zero-order valence-electron chi connectivity index (χ0n) is 16.1. The summed E-state index contributed by atoms with van der Waals surface area (Å²) in [6.45, 7) is 6.59. The van der Waals surface area contributed by atoms with Gasteiger partial charge in [0, 0.05) is 37.7 Å². The quantitative estimate of drug-likeness (QED) is 0.346. The van der Waals surface area contributed by atoms with E-state index in [-0.39, 0.29) is 24.0 Å². The van der Waals surface area contributed by atoms with Gasteiger partial charge >= 0.3 is 0 Å². The van der Waals surface area contributed by atoms with Crippen molar-refractivity contribution in [1.29, 1.82) is 0 Å². The molecular formula is C19H32ClIN4O. The van der Waals surface area contributed by atoms with Crippen molar-refractivity contribution in [2.24, 2.45) is 4.99 Å². The van der Waals surface area contributed by atoms with E-state index in [0.29, 0.717) is 6.04 Å². The summed E-state index contributed by atoms with van der Waals surface area (Å²) in [5.74, 6) is 1.66. The van der Waals surface area contributed by atoms with Gasteiger partial charge in [0.05, 0.1) is 7.11 Å². The standard InChI is InChI=1S/C19H31ClN4O.HI/c1-4-11-24-12-8-16(9-13-24)23-19(21-2)22-10-7-15-5-6-17(25-3)14-18(15)20;/h5-6,14,16H,4,7-13H2,1-3H3,(H2,21,22,23);1H. The Balaban J connectivity index is 0.00000338. The highest BCUT2D eigenvalue weighted by Gasteiger charge is 2.19. The molecule has 1 aliphatic rings. The summed E-state index contributed by atoms with van der Waals surface area (Å²) in [6.07, 6.45) is 4.42. The average molecular weight is 495 g/mol. The molecule has 0 amide bonds. The molecule has 7 heteroatoms. The second-order valence-electron chi connectivity index (χ2n) is 6.47. The Kier molecular flexibility index (Phi) is 11.3. The van der Waals surface area contributed by atoms with E-state index >= 15 is 0 Å². The lowest BCUT2D eigenvalue weighted by Crippen LogP contribution is -2.49. The molecule has 1 aromatic carbocycles. The average Bonchev–Trinajstić information content (AvgIpc) is 2.63. The number of aliphatic imine (C=N–C) groups is 1. The Morgan fingerprint density at radius 1 is 1.35 bits per heavy atom. The lowest BCUT2D eigenvalue weighted by Gasteiger charge is -2.32. The minimum Gasteiger partial charge on any atom is -0.497 e. The maximum atomic E-state index is 6.29. The summed E-state index contributed by atoms with van der Waals surface area (Å²) < 4.78 is 5.18. The first kappa shape index (κ1) is 23.3. The Morgan fingerprint density at radius 2 is 2.08 bits per heavy atom. The zero-order valence-corrected chi connectivity index (χ0v) is 19.1. The van der Waals surface area contributed by atoms with Crippen molar-refractivity contribution in [2.75, 3.05) is 40.3 Å². The van der Waals surface area contributed by atoms with Gasteiger partial charge in [0.15, 0.2) is 5.96 Å². The van der Waals surface area contributed by atoms with Gasteiger partial charge in [-0.05, 0) is 49.9 Å². The van der Waals surface area contributed by atoms with Crippen LogP contribution in [0.15, 0.2) is 23.2 Å². The third-order valence-electron chi connectivity index (χ3n) is 4.64. The number of halogens is 2. The van der Waals surface area contributed by atoms with Crippen LogP contribution < -0.4 is 15.4 Å². The molecule has 1 aromatic rings. The highest BCUT2D eigenvalue weighted by atomic mass is 127. The van der Waals surface area contributed by atoms with E-state index < -0.39 is 0 Å². The summed E-state index contributed by atoms with van der Waals surface area (Å²) in [6, 6.07) is 6.32. The molecule has 0 saturated carbocycles. The highest BCUT2D eigenvalue weighted by molar-refractivity contribution is 14.0. The molecule has 0 spiro atoms. The Hall–Kier alpha value is -0.730. The van der Waals surface area contributed by atoms with Gasteiger partial charge in [-0.1, -0.05) is 24.6 Å². The molecule has 26 heavy (non-hydrogen) atoms. The number of piperidine rings is 1. The van der Waals surface area contributed by atoms with E-state index in [0.717, 1.165) is 35.3 Å². The van der Waals surface area contributed by atoms with Gasteiger partial charge in [-0.15, -0.1) is 24.0 Å². The maximum Gasteiger partial charge on any atom is 0.191 e. The summed E-state index contributed by atoms with van der Waals surface area (Å²) in [5.41, 5.74) is 1.11. The molecule has 1 aliphatic heterocycles. The van der Waals surface area contributed by atoms with Crippen molar-refractivity contribution in [3.05, 3.63) is 28.8 Å². The summed E-state index contributed by atoms with van der Waals surface area (Å²) in [5, 5.41) is 7.68. The number of benzene rings is 1. The highest BCUT2D eigenvalue weighted by Crippen LogP contribution is 2.22. The Bertz CT molecular complexity index is 562. The molecule has 0 radical (unpaired) electrons. The van der Waals surface area contributed by atoms with Gasteiger partial charge in [0.25, 0.3) is 0 Å². The molecule has 1 heterocycles. The maximum absolute atomic E-state index is 6.29. The minimum atomic E-state index is 0. The first-order valence-corrected chi connectivity index (χ1v) is 9.56. The van der Waals surface area contributed by atoms with Crippen LogP contribution in [0.25, 0.3) is 0 Å². The molecule has 0 aliphatic carbocycles. The smallest absolute Gasteiger partial charge is 0.191 e. The van der Waals surface area contributed by atoms with Crippen molar-refractivity contribution in [1.82, 2.24) is 15.5 Å². The monoisotopic (exact) mass is 494 g/mol. The fourth-order valence-corrected chi connectivity index (χ4v) is 3.44. The van der Waals surface area contributed by atoms with Gasteiger partial charge in [0.1, 0.15) is 5.75 Å². The van der Waals surface area contributed by atoms with E-state index in [9.17, 15) is 0 Å². The molecule has 2 rings (SSSR count). The first-order chi connectivity index (χ1) is 12.2. The van der Waals surface area contributed by atoms with Crippen LogP contribution in [0.2, 0.25) is 5.02 Å². The number of rotatable bonds is 7. The third kappa shape index (κ3) is 7.48. The molecule has 148 valence electrons. The number of nitrogens with zero attached hydrogens (tertiary/aromatic N) is 2. The fraction of sp³-hybridized carbons (Fsp3) is 0.632. The molecule has 0 atom stereocenters. The predicted octanol–water partition coefficient (Wildman–Crippen LogP) is 3.55. The van der Waals surface area contributed by atoms with E-state index in [1.165, 1.54) is 38.9 Å². The first-order valence-electron chi connectivity index (χ1n) is 9.18. The second kappa shape index (κ2) is 12.6. The number of guanidine groups is 1. The minimum absolute atomic E-state index is 0. The van der Waals surface area contributed by atoms with Crippen molar-refractivity contribution in [3.8, 4) is 5.75 Å². The van der Waals surface area contributed by atoms with E-state index in [1.54, 1.807) is 7.11 Å². The number of nitrogens with one attached hydrogen (secondary N) is 2. The van der Waals surface area contributed by atoms with Crippen LogP contribution in [0.1, 0.15) is 31.7 Å². The molecule has 2 N–H and O–H groups in total. The third-order valence-corrected chi connectivity index (χ3v) is 4.99. The topological polar surface area (TPSA) is 48.9 Å². The van der Waals surface area contributed by atoms with Crippen molar-refractivity contribution in [2.45, 2.75) is 38.6 Å². The number of hydrogen-bond acceptors (Lipinski definition) is 3. The van der Waals surface area contributed by atoms with Crippen LogP contribution in [-0.2, 0) is 6.42 Å². The number of likely N-dealkylation sites (tertiary alicyclic amines) is 1. The Morgan fingerprint density at radius 3 is 2.65 bits per heavy atom. The predicted molar refractivity (Wildman–Crippen MR) is 121 cm³/mol. The number of hydrogen-bond donors (Lipinski definition) is 2. The Labute approximate surface area is 179 Å². The summed E-state index contributed by atoms with van der Waals surface area (Å²) >= 11 is 6.29. The molecule has 1 saturated heterocycles. The van der Waals surface area contributed by atoms with Gasteiger partial charge in [-0.3, -0.25) is 4.99 Å². The number of ether oxygens (including phenoxy) is 1. The largest absolute Gasteiger partial charge is 0.497 e. The van der Waals surface area contributed by atoms with Crippen molar-refractivity contribution >= 4 is 41.5 Å². The normalized spacial score (nSPS) is 16.1. The molecular weight excluding hydrogens is 463 g/mol. The molecule has 0 aromatic heterocycles. The van der Waals surface area contributed by atoms with Crippen molar-refractivity contribution < 1.29 is 4.74 Å². The van der Waals surface area contributed by atoms with Gasteiger partial charge in [-0.2, -0.15) is 0 Å². The molecule has 0 bridgehead atoms. The van der Waals surface area contributed by atoms with Gasteiger partial charge < -0.3 is 20.3 Å².